The van der Waals surface area contributed by atoms with Crippen molar-refractivity contribution in [2.75, 3.05) is 13.2 Å². The van der Waals surface area contributed by atoms with Gasteiger partial charge in [-0.1, -0.05) is 23.8 Å². The second kappa shape index (κ2) is 6.38. The van der Waals surface area contributed by atoms with E-state index in [9.17, 15) is 9.59 Å². The van der Waals surface area contributed by atoms with Crippen LogP contribution in [0.1, 0.15) is 33.6 Å². The molecule has 0 fully saturated rings. The topological polar surface area (TPSA) is 52.6 Å². The molecule has 4 heteroatoms. The van der Waals surface area contributed by atoms with Crippen molar-refractivity contribution in [2.45, 2.75) is 33.6 Å². The van der Waals surface area contributed by atoms with Gasteiger partial charge < -0.3 is 9.47 Å². The largest absolute Gasteiger partial charge is 0.465 e. The van der Waals surface area contributed by atoms with Crippen molar-refractivity contribution in [3.05, 3.63) is 23.8 Å². The van der Waals surface area contributed by atoms with Crippen LogP contribution in [-0.4, -0.2) is 25.2 Å². The maximum Gasteiger partial charge on any atom is 0.324 e. The van der Waals surface area contributed by atoms with Crippen LogP contribution in [-0.2, 0) is 19.1 Å². The molecule has 1 aliphatic rings. The zero-order chi connectivity index (χ0) is 13.6. The molecule has 0 radical (unpaired) electrons. The van der Waals surface area contributed by atoms with Crippen LogP contribution in [0, 0.1) is 5.41 Å². The number of hydrogen-bond acceptors (Lipinski definition) is 4. The molecule has 0 N–H and O–H groups in total. The van der Waals surface area contributed by atoms with Crippen LogP contribution in [0.4, 0.5) is 0 Å². The zero-order valence-corrected chi connectivity index (χ0v) is 11.2. The van der Waals surface area contributed by atoms with Crippen LogP contribution in [0.25, 0.3) is 0 Å². The van der Waals surface area contributed by atoms with E-state index in [1.54, 1.807) is 13.8 Å². The maximum absolute atomic E-state index is 12.1. The summed E-state index contributed by atoms with van der Waals surface area (Å²) in [7, 11) is 0. The molecule has 100 valence electrons. The molecule has 4 nitrogen and oxygen atoms in total. The SMILES string of the molecule is C/C=C/C1=CCC(C(=O)OCC)(C(=O)OCC)C1. The van der Waals surface area contributed by atoms with Gasteiger partial charge in [-0.25, -0.2) is 0 Å². The summed E-state index contributed by atoms with van der Waals surface area (Å²) in [5.74, 6) is -0.974. The van der Waals surface area contributed by atoms with E-state index < -0.39 is 17.4 Å². The first-order chi connectivity index (χ1) is 8.60. The van der Waals surface area contributed by atoms with Gasteiger partial charge in [-0.05, 0) is 33.6 Å². The summed E-state index contributed by atoms with van der Waals surface area (Å²) >= 11 is 0. The number of rotatable bonds is 5. The van der Waals surface area contributed by atoms with Gasteiger partial charge in [0.2, 0.25) is 0 Å². The first-order valence-electron chi connectivity index (χ1n) is 6.27. The van der Waals surface area contributed by atoms with Gasteiger partial charge in [-0.3, -0.25) is 9.59 Å². The molecule has 0 heterocycles. The Bertz CT molecular complexity index is 361. The first kappa shape index (κ1) is 14.5. The minimum Gasteiger partial charge on any atom is -0.465 e. The lowest BCUT2D eigenvalue weighted by atomic mass is 9.84. The third-order valence-electron chi connectivity index (χ3n) is 2.93. The Hall–Kier alpha value is -1.58. The molecule has 0 saturated heterocycles. The quantitative estimate of drug-likeness (QED) is 0.557. The number of carbonyl (C=O) groups is 2. The van der Waals surface area contributed by atoms with Crippen LogP contribution < -0.4 is 0 Å². The molecule has 18 heavy (non-hydrogen) atoms. The molecular formula is C14H20O4. The van der Waals surface area contributed by atoms with Gasteiger partial charge in [0.1, 0.15) is 0 Å². The minimum absolute atomic E-state index is 0.263. The standard InChI is InChI=1S/C14H20O4/c1-4-7-11-8-9-14(10-11,12(15)17-5-2)13(16)18-6-3/h4,7-8H,5-6,9-10H2,1-3H3/b7-4+. The van der Waals surface area contributed by atoms with Crippen molar-refractivity contribution in [1.82, 2.24) is 0 Å². The molecular weight excluding hydrogens is 232 g/mol. The van der Waals surface area contributed by atoms with E-state index in [4.69, 9.17) is 9.47 Å². The van der Waals surface area contributed by atoms with E-state index in [0.717, 1.165) is 5.57 Å². The lowest BCUT2D eigenvalue weighted by molar-refractivity contribution is -0.171. The fraction of sp³-hybridized carbons (Fsp3) is 0.571. The Morgan fingerprint density at radius 1 is 1.28 bits per heavy atom. The highest BCUT2D eigenvalue weighted by molar-refractivity contribution is 6.01. The predicted octanol–water partition coefficient (Wildman–Crippen LogP) is 2.40. The Kier molecular flexibility index (Phi) is 5.13. The number of esters is 2. The lowest BCUT2D eigenvalue weighted by Crippen LogP contribution is -2.40. The van der Waals surface area contributed by atoms with E-state index in [1.807, 2.05) is 25.2 Å². The Morgan fingerprint density at radius 2 is 1.83 bits per heavy atom. The van der Waals surface area contributed by atoms with Crippen LogP contribution >= 0.6 is 0 Å². The summed E-state index contributed by atoms with van der Waals surface area (Å²) in [6.45, 7) is 5.88. The number of ether oxygens (including phenoxy) is 2. The monoisotopic (exact) mass is 252 g/mol. The average Bonchev–Trinajstić information content (AvgIpc) is 2.76. The number of allylic oxidation sites excluding steroid dienone is 4. The highest BCUT2D eigenvalue weighted by atomic mass is 16.6. The van der Waals surface area contributed by atoms with Crippen molar-refractivity contribution in [3.63, 3.8) is 0 Å². The first-order valence-corrected chi connectivity index (χ1v) is 6.27. The van der Waals surface area contributed by atoms with E-state index in [-0.39, 0.29) is 13.2 Å². The second-order valence-corrected chi connectivity index (χ2v) is 4.18. The van der Waals surface area contributed by atoms with Crippen molar-refractivity contribution in [3.8, 4) is 0 Å². The number of hydrogen-bond donors (Lipinski definition) is 0. The Labute approximate surface area is 108 Å². The molecule has 0 aromatic rings. The summed E-state index contributed by atoms with van der Waals surface area (Å²) in [6, 6.07) is 0. The van der Waals surface area contributed by atoms with Crippen molar-refractivity contribution in [1.29, 1.82) is 0 Å². The van der Waals surface area contributed by atoms with Crippen LogP contribution in [0.3, 0.4) is 0 Å². The average molecular weight is 252 g/mol. The van der Waals surface area contributed by atoms with Gasteiger partial charge in [0, 0.05) is 0 Å². The Morgan fingerprint density at radius 3 is 2.28 bits per heavy atom. The van der Waals surface area contributed by atoms with Crippen LogP contribution in [0.2, 0.25) is 0 Å². The van der Waals surface area contributed by atoms with E-state index in [2.05, 4.69) is 0 Å². The Balaban J connectivity index is 2.92. The highest BCUT2D eigenvalue weighted by Crippen LogP contribution is 2.40. The predicted molar refractivity (Wildman–Crippen MR) is 67.8 cm³/mol. The van der Waals surface area contributed by atoms with Gasteiger partial charge in [0.05, 0.1) is 13.2 Å². The molecule has 0 amide bonds. The molecule has 0 aliphatic heterocycles. The molecule has 1 rings (SSSR count). The third kappa shape index (κ3) is 2.81. The summed E-state index contributed by atoms with van der Waals surface area (Å²) in [5, 5.41) is 0. The summed E-state index contributed by atoms with van der Waals surface area (Å²) in [4.78, 5) is 24.1. The van der Waals surface area contributed by atoms with Crippen molar-refractivity contribution >= 4 is 11.9 Å². The van der Waals surface area contributed by atoms with Gasteiger partial charge in [-0.2, -0.15) is 0 Å². The number of carbonyl (C=O) groups excluding carboxylic acids is 2. The summed E-state index contributed by atoms with van der Waals surface area (Å²) < 4.78 is 10.1. The molecule has 0 unspecified atom stereocenters. The second-order valence-electron chi connectivity index (χ2n) is 4.18. The van der Waals surface area contributed by atoms with E-state index in [1.165, 1.54) is 0 Å². The minimum atomic E-state index is -1.18. The lowest BCUT2D eigenvalue weighted by Gasteiger charge is -2.24. The fourth-order valence-corrected chi connectivity index (χ4v) is 2.07. The van der Waals surface area contributed by atoms with E-state index in [0.29, 0.717) is 12.8 Å². The normalized spacial score (nSPS) is 17.6. The molecule has 0 bridgehead atoms. The summed E-state index contributed by atoms with van der Waals surface area (Å²) in [5.41, 5.74) is -0.209. The van der Waals surface area contributed by atoms with Crippen LogP contribution in [0.15, 0.2) is 23.8 Å². The van der Waals surface area contributed by atoms with Gasteiger partial charge in [0.25, 0.3) is 0 Å². The molecule has 0 aromatic heterocycles. The molecule has 1 aliphatic carbocycles. The van der Waals surface area contributed by atoms with Crippen molar-refractivity contribution in [2.24, 2.45) is 5.41 Å². The molecule has 0 atom stereocenters. The van der Waals surface area contributed by atoms with E-state index >= 15 is 0 Å². The van der Waals surface area contributed by atoms with Crippen LogP contribution in [0.5, 0.6) is 0 Å². The highest BCUT2D eigenvalue weighted by Gasteiger charge is 2.50. The van der Waals surface area contributed by atoms with Gasteiger partial charge in [0.15, 0.2) is 5.41 Å². The maximum atomic E-state index is 12.1. The molecule has 0 spiro atoms. The zero-order valence-electron chi connectivity index (χ0n) is 11.2. The van der Waals surface area contributed by atoms with Gasteiger partial charge in [-0.15, -0.1) is 0 Å². The fourth-order valence-electron chi connectivity index (χ4n) is 2.07. The van der Waals surface area contributed by atoms with Gasteiger partial charge >= 0.3 is 11.9 Å². The summed E-state index contributed by atoms with van der Waals surface area (Å²) in [6.07, 6.45) is 6.39. The van der Waals surface area contributed by atoms with Crippen molar-refractivity contribution < 1.29 is 19.1 Å². The molecule has 0 aromatic carbocycles. The molecule has 0 saturated carbocycles. The third-order valence-corrected chi connectivity index (χ3v) is 2.93. The smallest absolute Gasteiger partial charge is 0.324 e.